The Hall–Kier alpha value is -3.68. The van der Waals surface area contributed by atoms with E-state index in [0.29, 0.717) is 28.7 Å². The van der Waals surface area contributed by atoms with Crippen LogP contribution < -0.4 is 15.4 Å². The van der Waals surface area contributed by atoms with Gasteiger partial charge in [0, 0.05) is 18.1 Å². The maximum Gasteiger partial charge on any atom is 0.255 e. The number of nitrogens with zero attached hydrogens (tertiary/aromatic N) is 4. The molecule has 0 fully saturated rings. The fourth-order valence-electron chi connectivity index (χ4n) is 3.17. The van der Waals surface area contributed by atoms with E-state index in [9.17, 15) is 4.79 Å². The van der Waals surface area contributed by atoms with E-state index in [1.807, 2.05) is 31.2 Å². The Labute approximate surface area is 155 Å². The predicted octanol–water partition coefficient (Wildman–Crippen LogP) is 2.61. The minimum atomic E-state index is -0.438. The molecule has 0 bridgehead atoms. The lowest BCUT2D eigenvalue weighted by atomic mass is 9.96. The Kier molecular flexibility index (Phi) is 4.29. The van der Waals surface area contributed by atoms with E-state index in [2.05, 4.69) is 25.7 Å². The predicted molar refractivity (Wildman–Crippen MR) is 100 cm³/mol. The van der Waals surface area contributed by atoms with Crippen molar-refractivity contribution in [3.8, 4) is 5.75 Å². The van der Waals surface area contributed by atoms with Gasteiger partial charge in [-0.2, -0.15) is 10.1 Å². The quantitative estimate of drug-likeness (QED) is 0.741. The van der Waals surface area contributed by atoms with Crippen molar-refractivity contribution in [2.75, 3.05) is 17.7 Å². The molecule has 1 aliphatic rings. The van der Waals surface area contributed by atoms with E-state index in [1.54, 1.807) is 36.3 Å². The molecular formula is C19H18N6O2. The molecule has 136 valence electrons. The summed E-state index contributed by atoms with van der Waals surface area (Å²) in [5.74, 6) is 0.918. The van der Waals surface area contributed by atoms with Crippen LogP contribution in [0.5, 0.6) is 5.75 Å². The topological polar surface area (TPSA) is 94.0 Å². The van der Waals surface area contributed by atoms with Crippen molar-refractivity contribution < 1.29 is 9.53 Å². The first kappa shape index (κ1) is 16.8. The smallest absolute Gasteiger partial charge is 0.255 e. The number of hydrogen-bond acceptors (Lipinski definition) is 6. The summed E-state index contributed by atoms with van der Waals surface area (Å²) in [7, 11) is 1.57. The number of ether oxygens (including phenoxy) is 1. The van der Waals surface area contributed by atoms with Gasteiger partial charge in [0.1, 0.15) is 18.1 Å². The van der Waals surface area contributed by atoms with Crippen molar-refractivity contribution in [1.29, 1.82) is 0 Å². The number of allylic oxidation sites excluding steroid dienone is 1. The monoisotopic (exact) mass is 362 g/mol. The van der Waals surface area contributed by atoms with Crippen molar-refractivity contribution in [3.63, 3.8) is 0 Å². The van der Waals surface area contributed by atoms with Crippen LogP contribution in [0.3, 0.4) is 0 Å². The number of pyridine rings is 1. The largest absolute Gasteiger partial charge is 0.495 e. The first-order valence-electron chi connectivity index (χ1n) is 8.40. The normalized spacial score (nSPS) is 15.7. The summed E-state index contributed by atoms with van der Waals surface area (Å²) >= 11 is 0. The average Bonchev–Trinajstić information content (AvgIpc) is 3.15. The van der Waals surface area contributed by atoms with Crippen molar-refractivity contribution in [1.82, 2.24) is 19.7 Å². The Morgan fingerprint density at radius 2 is 2.11 bits per heavy atom. The van der Waals surface area contributed by atoms with Crippen LogP contribution in [0.15, 0.2) is 66.4 Å². The van der Waals surface area contributed by atoms with Gasteiger partial charge in [-0.05, 0) is 30.7 Å². The van der Waals surface area contributed by atoms with Gasteiger partial charge in [0.25, 0.3) is 5.91 Å². The maximum atomic E-state index is 13.2. The molecule has 1 aliphatic heterocycles. The van der Waals surface area contributed by atoms with Crippen LogP contribution in [0.25, 0.3) is 0 Å². The van der Waals surface area contributed by atoms with E-state index in [-0.39, 0.29) is 5.91 Å². The van der Waals surface area contributed by atoms with Gasteiger partial charge in [0.15, 0.2) is 0 Å². The Bertz CT molecular complexity index is 1010. The number of rotatable bonds is 4. The summed E-state index contributed by atoms with van der Waals surface area (Å²) in [4.78, 5) is 21.6. The first-order valence-corrected chi connectivity index (χ1v) is 8.40. The number of fused-ring (bicyclic) bond motifs is 1. The zero-order valence-electron chi connectivity index (χ0n) is 14.9. The van der Waals surface area contributed by atoms with Crippen molar-refractivity contribution >= 4 is 17.5 Å². The van der Waals surface area contributed by atoms with Crippen molar-refractivity contribution in [2.24, 2.45) is 0 Å². The molecule has 1 amide bonds. The van der Waals surface area contributed by atoms with Crippen LogP contribution in [0.1, 0.15) is 18.5 Å². The Morgan fingerprint density at radius 3 is 2.89 bits per heavy atom. The lowest BCUT2D eigenvalue weighted by Crippen LogP contribution is -2.31. The van der Waals surface area contributed by atoms with Crippen molar-refractivity contribution in [3.05, 3.63) is 72.0 Å². The third-order valence-electron chi connectivity index (χ3n) is 4.39. The van der Waals surface area contributed by atoms with Crippen molar-refractivity contribution in [2.45, 2.75) is 13.0 Å². The molecule has 8 heteroatoms. The lowest BCUT2D eigenvalue weighted by molar-refractivity contribution is -0.113. The molecule has 8 nitrogen and oxygen atoms in total. The van der Waals surface area contributed by atoms with Gasteiger partial charge in [-0.25, -0.2) is 4.68 Å². The molecule has 3 aromatic rings. The first-order chi connectivity index (χ1) is 13.2. The third kappa shape index (κ3) is 3.01. The van der Waals surface area contributed by atoms with Gasteiger partial charge in [-0.3, -0.25) is 9.78 Å². The number of benzene rings is 1. The molecule has 27 heavy (non-hydrogen) atoms. The van der Waals surface area contributed by atoms with E-state index in [1.165, 1.54) is 6.33 Å². The number of para-hydroxylation sites is 2. The summed E-state index contributed by atoms with van der Waals surface area (Å²) in [5, 5.41) is 10.4. The minimum absolute atomic E-state index is 0.250. The number of nitrogens with one attached hydrogen (secondary N) is 2. The van der Waals surface area contributed by atoms with Crippen LogP contribution in [0, 0.1) is 0 Å². The highest BCUT2D eigenvalue weighted by molar-refractivity contribution is 6.06. The van der Waals surface area contributed by atoms with E-state index >= 15 is 0 Å². The molecule has 1 atom stereocenters. The molecule has 2 aromatic heterocycles. The number of carbonyl (C=O) groups is 1. The zero-order chi connectivity index (χ0) is 18.8. The van der Waals surface area contributed by atoms with E-state index in [0.717, 1.165) is 5.56 Å². The molecule has 0 saturated heterocycles. The molecular weight excluding hydrogens is 344 g/mol. The third-order valence-corrected chi connectivity index (χ3v) is 4.39. The number of aromatic nitrogens is 4. The molecule has 0 unspecified atom stereocenters. The minimum Gasteiger partial charge on any atom is -0.495 e. The highest BCUT2D eigenvalue weighted by Crippen LogP contribution is 2.35. The Balaban J connectivity index is 1.76. The molecule has 0 aliphatic carbocycles. The van der Waals surface area contributed by atoms with Crippen LogP contribution >= 0.6 is 0 Å². The number of amides is 1. The summed E-state index contributed by atoms with van der Waals surface area (Å²) in [5.41, 5.74) is 2.68. The fraction of sp³-hybridized carbons (Fsp3) is 0.158. The second-order valence-electron chi connectivity index (χ2n) is 6.04. The molecule has 1 aromatic carbocycles. The average molecular weight is 362 g/mol. The number of hydrogen-bond donors (Lipinski definition) is 2. The highest BCUT2D eigenvalue weighted by Gasteiger charge is 2.33. The molecule has 0 radical (unpaired) electrons. The SMILES string of the molecule is COc1ccccc1NC(=O)C1=C(C)Nc2ncnn2[C@H]1c1cccnc1. The zero-order valence-corrected chi connectivity index (χ0v) is 14.9. The molecule has 0 saturated carbocycles. The van der Waals surface area contributed by atoms with Gasteiger partial charge >= 0.3 is 0 Å². The van der Waals surface area contributed by atoms with Crippen LogP contribution in [0.2, 0.25) is 0 Å². The number of anilines is 2. The van der Waals surface area contributed by atoms with Gasteiger partial charge in [0.05, 0.1) is 18.4 Å². The summed E-state index contributed by atoms with van der Waals surface area (Å²) in [6.45, 7) is 1.85. The Morgan fingerprint density at radius 1 is 1.26 bits per heavy atom. The second-order valence-corrected chi connectivity index (χ2v) is 6.04. The van der Waals surface area contributed by atoms with Gasteiger partial charge in [-0.15, -0.1) is 0 Å². The maximum absolute atomic E-state index is 13.2. The number of methoxy groups -OCH3 is 1. The summed E-state index contributed by atoms with van der Waals surface area (Å²) < 4.78 is 7.01. The molecule has 3 heterocycles. The van der Waals surface area contributed by atoms with Gasteiger partial charge in [0.2, 0.25) is 5.95 Å². The molecule has 4 rings (SSSR count). The highest BCUT2D eigenvalue weighted by atomic mass is 16.5. The van der Waals surface area contributed by atoms with Crippen LogP contribution in [0.4, 0.5) is 11.6 Å². The lowest BCUT2D eigenvalue weighted by Gasteiger charge is -2.28. The van der Waals surface area contributed by atoms with Crippen LogP contribution in [-0.2, 0) is 4.79 Å². The standard InChI is InChI=1S/C19H18N6O2/c1-12-16(18(26)24-14-7-3-4-8-15(14)27-2)17(13-6-5-9-20-10-13)25-19(23-12)21-11-22-25/h3-11,17H,1-2H3,(H,24,26)(H,21,22,23)/t17-/m0/s1. The van der Waals surface area contributed by atoms with E-state index in [4.69, 9.17) is 4.74 Å². The fourth-order valence-corrected chi connectivity index (χ4v) is 3.17. The van der Waals surface area contributed by atoms with Gasteiger partial charge in [-0.1, -0.05) is 18.2 Å². The molecule has 0 spiro atoms. The molecule has 2 N–H and O–H groups in total. The van der Waals surface area contributed by atoms with Crippen LogP contribution in [-0.4, -0.2) is 32.8 Å². The van der Waals surface area contributed by atoms with Gasteiger partial charge < -0.3 is 15.4 Å². The summed E-state index contributed by atoms with van der Waals surface area (Å²) in [6.07, 6.45) is 4.88. The summed E-state index contributed by atoms with van der Waals surface area (Å²) in [6, 6.07) is 10.6. The second kappa shape index (κ2) is 6.91. The number of carbonyl (C=O) groups excluding carboxylic acids is 1. The van der Waals surface area contributed by atoms with E-state index < -0.39 is 6.04 Å².